The van der Waals surface area contributed by atoms with Gasteiger partial charge in [0, 0.05) is 11.5 Å². The van der Waals surface area contributed by atoms with Crippen molar-refractivity contribution in [2.45, 2.75) is 19.9 Å². The molecule has 2 aromatic rings. The fourth-order valence-electron chi connectivity index (χ4n) is 1.59. The molecule has 0 fully saturated rings. The highest BCUT2D eigenvalue weighted by atomic mass is 32.2. The van der Waals surface area contributed by atoms with Crippen LogP contribution in [0.25, 0.3) is 0 Å². The van der Waals surface area contributed by atoms with Gasteiger partial charge in [-0.05, 0) is 0 Å². The molecule has 0 bridgehead atoms. The first-order chi connectivity index (χ1) is 9.71. The minimum absolute atomic E-state index is 0.107. The van der Waals surface area contributed by atoms with Crippen LogP contribution in [-0.4, -0.2) is 9.97 Å². The van der Waals surface area contributed by atoms with Gasteiger partial charge in [-0.25, -0.2) is 9.97 Å². The van der Waals surface area contributed by atoms with Crippen molar-refractivity contribution >= 4 is 58.4 Å². The van der Waals surface area contributed by atoms with Crippen LogP contribution >= 0.6 is 58.4 Å². The molecular weight excluding hydrogens is 348 g/mol. The molecule has 0 amide bonds. The maximum Gasteiger partial charge on any atom is 0.177 e. The summed E-state index contributed by atoms with van der Waals surface area (Å²) in [5.74, 6) is 1.30. The number of nitriles is 2. The predicted molar refractivity (Wildman–Crippen MR) is 83.6 cm³/mol. The first-order valence-corrected chi connectivity index (χ1v) is 9.32. The Hall–Kier alpha value is -0.970. The summed E-state index contributed by atoms with van der Waals surface area (Å²) in [6.07, 6.45) is 0. The quantitative estimate of drug-likeness (QED) is 0.664. The average Bonchev–Trinajstić information content (AvgIpc) is 2.80. The molecular formula is C11H4N4S5. The van der Waals surface area contributed by atoms with Gasteiger partial charge >= 0.3 is 0 Å². The summed E-state index contributed by atoms with van der Waals surface area (Å²) in [6.45, 7) is 0. The number of rotatable bonds is 0. The van der Waals surface area contributed by atoms with Gasteiger partial charge in [0.25, 0.3) is 0 Å². The molecule has 0 atom stereocenters. The fourth-order valence-corrected chi connectivity index (χ4v) is 7.63. The number of thioether (sulfide) groups is 2. The highest BCUT2D eigenvalue weighted by Crippen LogP contribution is 2.44. The molecule has 0 saturated heterocycles. The van der Waals surface area contributed by atoms with Crippen LogP contribution in [0, 0.1) is 25.8 Å². The van der Waals surface area contributed by atoms with E-state index < -0.39 is 0 Å². The molecule has 98 valence electrons. The number of fused-ring (bicyclic) bond motifs is 2. The van der Waals surface area contributed by atoms with Gasteiger partial charge in [0.05, 0.1) is 19.8 Å². The molecule has 3 rings (SSSR count). The third-order valence-corrected chi connectivity index (χ3v) is 8.07. The van der Waals surface area contributed by atoms with E-state index in [4.69, 9.17) is 22.7 Å². The van der Waals surface area contributed by atoms with Gasteiger partial charge in [-0.2, -0.15) is 10.5 Å². The third kappa shape index (κ3) is 2.60. The zero-order valence-corrected chi connectivity index (χ0v) is 13.8. The summed E-state index contributed by atoms with van der Waals surface area (Å²) in [5.41, 5.74) is 1.78. The van der Waals surface area contributed by atoms with Gasteiger partial charge in [-0.3, -0.25) is 0 Å². The van der Waals surface area contributed by atoms with Gasteiger partial charge in [0.1, 0.15) is 15.3 Å². The summed E-state index contributed by atoms with van der Waals surface area (Å²) >= 11 is 11.8. The van der Waals surface area contributed by atoms with Gasteiger partial charge in [0.15, 0.2) is 11.4 Å². The van der Waals surface area contributed by atoms with Crippen LogP contribution in [0.3, 0.4) is 0 Å². The van der Waals surface area contributed by atoms with Gasteiger partial charge in [-0.1, -0.05) is 12.2 Å². The Balaban J connectivity index is 2.04. The highest BCUT2D eigenvalue weighted by Gasteiger charge is 2.19. The molecule has 0 aromatic carbocycles. The Kier molecular flexibility index (Phi) is 4.06. The zero-order valence-electron chi connectivity index (χ0n) is 9.74. The number of nitrogens with zero attached hydrogens (tertiary/aromatic N) is 4. The first kappa shape index (κ1) is 14.0. The fraction of sp³-hybridized carbons (Fsp3) is 0.182. The number of hydrogen-bond acceptors (Lipinski definition) is 9. The second-order valence-electron chi connectivity index (χ2n) is 3.64. The lowest BCUT2D eigenvalue weighted by molar-refractivity contribution is 0.986. The second kappa shape index (κ2) is 5.80. The van der Waals surface area contributed by atoms with Crippen molar-refractivity contribution < 1.29 is 0 Å². The largest absolute Gasteiger partial charge is 0.236 e. The van der Waals surface area contributed by atoms with E-state index in [1.165, 1.54) is 8.42 Å². The minimum Gasteiger partial charge on any atom is -0.236 e. The average molecular weight is 353 g/mol. The van der Waals surface area contributed by atoms with Crippen LogP contribution in [0.15, 0.2) is 8.42 Å². The molecule has 20 heavy (non-hydrogen) atoms. The van der Waals surface area contributed by atoms with Gasteiger partial charge in [0.2, 0.25) is 0 Å². The van der Waals surface area contributed by atoms with E-state index >= 15 is 0 Å². The van der Waals surface area contributed by atoms with Crippen molar-refractivity contribution in [2.24, 2.45) is 0 Å². The standard InChI is InChI=1S/C11H4N4S5/c12-1-5-6(2-13)15-8-4-18-10-9(19-11(16)20-10)17-3-7(8)14-5/h3-4H2. The minimum atomic E-state index is 0.107. The topological polar surface area (TPSA) is 73.4 Å². The van der Waals surface area contributed by atoms with Crippen molar-refractivity contribution in [3.63, 3.8) is 0 Å². The SMILES string of the molecule is N#Cc1nc2c(nc1C#N)CSc1sc(=S)sc1SC2. The van der Waals surface area contributed by atoms with E-state index in [1.807, 2.05) is 12.1 Å². The normalized spacial score (nSPS) is 13.3. The lowest BCUT2D eigenvalue weighted by Crippen LogP contribution is -2.06. The molecule has 4 nitrogen and oxygen atoms in total. The second-order valence-corrected chi connectivity index (χ2v) is 9.36. The Morgan fingerprint density at radius 1 is 0.900 bits per heavy atom. The van der Waals surface area contributed by atoms with Crippen LogP contribution in [0.1, 0.15) is 22.8 Å². The zero-order chi connectivity index (χ0) is 14.1. The molecule has 0 N–H and O–H groups in total. The van der Waals surface area contributed by atoms with E-state index in [9.17, 15) is 0 Å². The summed E-state index contributed by atoms with van der Waals surface area (Å²) in [7, 11) is 0. The molecule has 2 aromatic heterocycles. The van der Waals surface area contributed by atoms with Gasteiger partial charge < -0.3 is 0 Å². The van der Waals surface area contributed by atoms with Crippen LogP contribution < -0.4 is 0 Å². The van der Waals surface area contributed by atoms with E-state index in [0.29, 0.717) is 11.5 Å². The Morgan fingerprint density at radius 2 is 1.35 bits per heavy atom. The van der Waals surface area contributed by atoms with Crippen LogP contribution in [0.4, 0.5) is 0 Å². The maximum absolute atomic E-state index is 9.01. The Morgan fingerprint density at radius 3 is 1.75 bits per heavy atom. The summed E-state index contributed by atoms with van der Waals surface area (Å²) in [5, 5.41) is 18.0. The lowest BCUT2D eigenvalue weighted by atomic mass is 10.3. The van der Waals surface area contributed by atoms with Crippen LogP contribution in [0.5, 0.6) is 0 Å². The van der Waals surface area contributed by atoms with Crippen molar-refractivity contribution in [3.8, 4) is 12.1 Å². The number of aromatic nitrogens is 2. The maximum atomic E-state index is 9.01. The number of hydrogen-bond donors (Lipinski definition) is 0. The molecule has 0 spiro atoms. The Bertz CT molecular complexity index is 757. The van der Waals surface area contributed by atoms with Gasteiger partial charge in [-0.15, -0.1) is 46.2 Å². The van der Waals surface area contributed by atoms with Crippen molar-refractivity contribution in [2.75, 3.05) is 0 Å². The molecule has 0 saturated carbocycles. The van der Waals surface area contributed by atoms with Crippen molar-refractivity contribution in [3.05, 3.63) is 25.9 Å². The first-order valence-electron chi connectivity index (χ1n) is 5.30. The van der Waals surface area contributed by atoms with Crippen molar-refractivity contribution in [1.29, 1.82) is 10.5 Å². The Labute approximate surface area is 136 Å². The van der Waals surface area contributed by atoms with E-state index in [-0.39, 0.29) is 11.4 Å². The monoisotopic (exact) mass is 352 g/mol. The molecule has 3 heterocycles. The molecule has 9 heteroatoms. The predicted octanol–water partition coefficient (Wildman–Crippen LogP) is 3.97. The third-order valence-electron chi connectivity index (χ3n) is 2.46. The van der Waals surface area contributed by atoms with Crippen LogP contribution in [0.2, 0.25) is 0 Å². The van der Waals surface area contributed by atoms with E-state index in [2.05, 4.69) is 9.97 Å². The highest BCUT2D eigenvalue weighted by molar-refractivity contribution is 8.04. The molecule has 1 aliphatic rings. The summed E-state index contributed by atoms with van der Waals surface area (Å²) in [6, 6.07) is 3.86. The molecule has 1 aliphatic heterocycles. The van der Waals surface area contributed by atoms with E-state index in [1.54, 1.807) is 46.2 Å². The molecule has 0 radical (unpaired) electrons. The lowest BCUT2D eigenvalue weighted by Gasteiger charge is -2.11. The summed E-state index contributed by atoms with van der Waals surface area (Å²) in [4.78, 5) is 8.57. The van der Waals surface area contributed by atoms with Crippen LogP contribution in [-0.2, 0) is 11.5 Å². The van der Waals surface area contributed by atoms with E-state index in [0.717, 1.165) is 14.5 Å². The molecule has 0 unspecified atom stereocenters. The molecule has 0 aliphatic carbocycles. The smallest absolute Gasteiger partial charge is 0.177 e. The summed E-state index contributed by atoms with van der Waals surface area (Å²) < 4.78 is 3.33. The van der Waals surface area contributed by atoms with Crippen molar-refractivity contribution in [1.82, 2.24) is 9.97 Å².